The van der Waals surface area contributed by atoms with Gasteiger partial charge in [0.15, 0.2) is 0 Å². The van der Waals surface area contributed by atoms with Crippen LogP contribution in [0.3, 0.4) is 0 Å². The second-order valence-corrected chi connectivity index (χ2v) is 5.52. The molecule has 0 aromatic heterocycles. The molecule has 3 rings (SSSR count). The fourth-order valence-electron chi connectivity index (χ4n) is 2.26. The van der Waals surface area contributed by atoms with Gasteiger partial charge in [0.25, 0.3) is 0 Å². The molecule has 4 heteroatoms. The van der Waals surface area contributed by atoms with Crippen LogP contribution in [0, 0.1) is 0 Å². The maximum Gasteiger partial charge on any atom is 0.228 e. The molecule has 3 nitrogen and oxygen atoms in total. The first-order valence-corrected chi connectivity index (χ1v) is 7.58. The number of azo groups is 1. The van der Waals surface area contributed by atoms with Crippen LogP contribution >= 0.6 is 11.6 Å². The molecule has 23 heavy (non-hydrogen) atoms. The van der Waals surface area contributed by atoms with E-state index in [0.29, 0.717) is 21.8 Å². The number of aliphatic hydroxyl groups is 1. The zero-order chi connectivity index (χ0) is 16.1. The summed E-state index contributed by atoms with van der Waals surface area (Å²) in [5.41, 5.74) is 0.398. The van der Waals surface area contributed by atoms with E-state index in [-0.39, 0.29) is 0 Å². The molecule has 3 aromatic carbocycles. The third-order valence-corrected chi connectivity index (χ3v) is 3.74. The van der Waals surface area contributed by atoms with E-state index in [4.69, 9.17) is 11.6 Å². The van der Waals surface area contributed by atoms with Crippen LogP contribution in [0.2, 0.25) is 5.02 Å². The lowest BCUT2D eigenvalue weighted by Gasteiger charge is -2.23. The zero-order valence-corrected chi connectivity index (χ0v) is 13.1. The minimum atomic E-state index is -1.54. The topological polar surface area (TPSA) is 45.0 Å². The van der Waals surface area contributed by atoms with Gasteiger partial charge in [0.05, 0.1) is 5.69 Å². The number of hydrogen-bond acceptors (Lipinski definition) is 3. The fraction of sp³-hybridized carbons (Fsp3) is 0.0526. The summed E-state index contributed by atoms with van der Waals surface area (Å²) in [6.45, 7) is 0. The minimum absolute atomic E-state index is 0.625. The van der Waals surface area contributed by atoms with E-state index in [1.807, 2.05) is 60.7 Å². The molecule has 3 aromatic rings. The van der Waals surface area contributed by atoms with E-state index in [0.717, 1.165) is 0 Å². The number of nitrogens with zero attached hydrogens (tertiary/aromatic N) is 2. The van der Waals surface area contributed by atoms with Gasteiger partial charge >= 0.3 is 0 Å². The van der Waals surface area contributed by atoms with Crippen molar-refractivity contribution in [2.45, 2.75) is 5.72 Å². The molecule has 1 N–H and O–H groups in total. The number of halogens is 1. The third kappa shape index (κ3) is 3.47. The number of rotatable bonds is 4. The van der Waals surface area contributed by atoms with Crippen LogP contribution in [0.5, 0.6) is 0 Å². The molecule has 0 heterocycles. The van der Waals surface area contributed by atoms with Crippen LogP contribution in [0.25, 0.3) is 0 Å². The minimum Gasteiger partial charge on any atom is -0.361 e. The van der Waals surface area contributed by atoms with Gasteiger partial charge in [-0.05, 0) is 24.3 Å². The van der Waals surface area contributed by atoms with E-state index in [1.165, 1.54) is 0 Å². The van der Waals surface area contributed by atoms with Crippen LogP contribution in [0.1, 0.15) is 11.1 Å². The Balaban J connectivity index is 2.04. The molecule has 0 unspecified atom stereocenters. The molecule has 0 aliphatic carbocycles. The van der Waals surface area contributed by atoms with Crippen molar-refractivity contribution < 1.29 is 5.11 Å². The molecule has 0 aliphatic heterocycles. The Bertz CT molecular complexity index is 747. The normalized spacial score (nSPS) is 11.7. The van der Waals surface area contributed by atoms with Crippen LogP contribution in [-0.4, -0.2) is 5.11 Å². The lowest BCUT2D eigenvalue weighted by molar-refractivity contribution is 0.0833. The summed E-state index contributed by atoms with van der Waals surface area (Å²) in [4.78, 5) is 0. The van der Waals surface area contributed by atoms with Crippen molar-refractivity contribution in [1.29, 1.82) is 0 Å². The van der Waals surface area contributed by atoms with Gasteiger partial charge in [-0.1, -0.05) is 72.3 Å². The highest BCUT2D eigenvalue weighted by atomic mass is 35.5. The molecule has 0 amide bonds. The Hall–Kier alpha value is -2.49. The molecule has 0 aliphatic rings. The molecular weight excluding hydrogens is 308 g/mol. The zero-order valence-electron chi connectivity index (χ0n) is 12.3. The van der Waals surface area contributed by atoms with Crippen molar-refractivity contribution >= 4 is 17.3 Å². The molecule has 0 spiro atoms. The molecule has 114 valence electrons. The smallest absolute Gasteiger partial charge is 0.228 e. The molecule has 0 fully saturated rings. The van der Waals surface area contributed by atoms with Gasteiger partial charge in [0.2, 0.25) is 5.72 Å². The highest BCUT2D eigenvalue weighted by molar-refractivity contribution is 6.30. The predicted molar refractivity (Wildman–Crippen MR) is 91.9 cm³/mol. The van der Waals surface area contributed by atoms with Gasteiger partial charge in [0, 0.05) is 16.1 Å². The van der Waals surface area contributed by atoms with Crippen molar-refractivity contribution in [3.8, 4) is 0 Å². The molecule has 0 atom stereocenters. The van der Waals surface area contributed by atoms with Gasteiger partial charge < -0.3 is 5.11 Å². The average molecular weight is 323 g/mol. The van der Waals surface area contributed by atoms with Crippen molar-refractivity contribution in [3.05, 3.63) is 101 Å². The van der Waals surface area contributed by atoms with Gasteiger partial charge in [-0.15, -0.1) is 5.11 Å². The maximum atomic E-state index is 11.2. The summed E-state index contributed by atoms with van der Waals surface area (Å²) < 4.78 is 0. The van der Waals surface area contributed by atoms with Gasteiger partial charge in [0.1, 0.15) is 0 Å². The van der Waals surface area contributed by atoms with E-state index in [2.05, 4.69) is 10.2 Å². The summed E-state index contributed by atoms with van der Waals surface area (Å²) in [6, 6.07) is 25.5. The standard InChI is InChI=1S/C19H15ClN2O/c20-17-11-13-18(14-12-17)21-22-19(23,15-7-3-1-4-8-15)16-9-5-2-6-10-16/h1-14,23H. The Morgan fingerprint density at radius 3 is 1.65 bits per heavy atom. The van der Waals surface area contributed by atoms with Crippen molar-refractivity contribution in [2.24, 2.45) is 10.2 Å². The largest absolute Gasteiger partial charge is 0.361 e. The Labute approximate surface area is 139 Å². The first-order valence-electron chi connectivity index (χ1n) is 7.20. The average Bonchev–Trinajstić information content (AvgIpc) is 2.62. The lowest BCUT2D eigenvalue weighted by Crippen LogP contribution is -2.24. The van der Waals surface area contributed by atoms with Gasteiger partial charge in [-0.3, -0.25) is 0 Å². The summed E-state index contributed by atoms with van der Waals surface area (Å²) in [5, 5.41) is 20.2. The first kappa shape index (κ1) is 15.4. The summed E-state index contributed by atoms with van der Waals surface area (Å²) >= 11 is 5.87. The SMILES string of the molecule is OC(N=Nc1ccc(Cl)cc1)(c1ccccc1)c1ccccc1. The van der Waals surface area contributed by atoms with E-state index >= 15 is 0 Å². The predicted octanol–water partition coefficient (Wildman–Crippen LogP) is 5.32. The van der Waals surface area contributed by atoms with Gasteiger partial charge in [-0.2, -0.15) is 5.11 Å². The van der Waals surface area contributed by atoms with Gasteiger partial charge in [-0.25, -0.2) is 0 Å². The molecule has 0 saturated heterocycles. The lowest BCUT2D eigenvalue weighted by atomic mass is 9.95. The summed E-state index contributed by atoms with van der Waals surface area (Å²) in [6.07, 6.45) is 0. The molecule has 0 saturated carbocycles. The maximum absolute atomic E-state index is 11.2. The fourth-order valence-corrected chi connectivity index (χ4v) is 2.39. The van der Waals surface area contributed by atoms with Crippen LogP contribution in [0.15, 0.2) is 95.2 Å². The Morgan fingerprint density at radius 2 is 1.17 bits per heavy atom. The third-order valence-electron chi connectivity index (χ3n) is 3.49. The summed E-state index contributed by atoms with van der Waals surface area (Å²) in [5.74, 6) is 0. The van der Waals surface area contributed by atoms with Crippen LogP contribution in [-0.2, 0) is 5.72 Å². The molecule has 0 bridgehead atoms. The summed E-state index contributed by atoms with van der Waals surface area (Å²) in [7, 11) is 0. The molecule has 0 radical (unpaired) electrons. The van der Waals surface area contributed by atoms with E-state index < -0.39 is 5.72 Å². The molecular formula is C19H15ClN2O. The highest BCUT2D eigenvalue weighted by Crippen LogP contribution is 2.32. The van der Waals surface area contributed by atoms with Crippen LogP contribution in [0.4, 0.5) is 5.69 Å². The Kier molecular flexibility index (Phi) is 4.51. The quantitative estimate of drug-likeness (QED) is 0.649. The second kappa shape index (κ2) is 6.73. The monoisotopic (exact) mass is 322 g/mol. The number of benzene rings is 3. The van der Waals surface area contributed by atoms with E-state index in [9.17, 15) is 5.11 Å². The first-order chi connectivity index (χ1) is 11.2. The highest BCUT2D eigenvalue weighted by Gasteiger charge is 2.31. The van der Waals surface area contributed by atoms with Crippen molar-refractivity contribution in [2.75, 3.05) is 0 Å². The van der Waals surface area contributed by atoms with Crippen LogP contribution < -0.4 is 0 Å². The Morgan fingerprint density at radius 1 is 0.696 bits per heavy atom. The van der Waals surface area contributed by atoms with E-state index in [1.54, 1.807) is 24.3 Å². The van der Waals surface area contributed by atoms with Crippen molar-refractivity contribution in [3.63, 3.8) is 0 Å². The van der Waals surface area contributed by atoms with Crippen molar-refractivity contribution in [1.82, 2.24) is 0 Å². The number of hydrogen-bond donors (Lipinski definition) is 1. The second-order valence-electron chi connectivity index (χ2n) is 5.08.